The minimum Gasteiger partial charge on any atom is -0.388 e. The van der Waals surface area contributed by atoms with Gasteiger partial charge in [0.1, 0.15) is 11.6 Å². The van der Waals surface area contributed by atoms with Gasteiger partial charge in [-0.2, -0.15) is 0 Å². The van der Waals surface area contributed by atoms with Crippen LogP contribution in [0.15, 0.2) is 42.5 Å². The normalized spacial score (nSPS) is 12.8. The maximum atomic E-state index is 13.6. The number of aromatic nitrogens is 1. The van der Waals surface area contributed by atoms with Crippen molar-refractivity contribution >= 4 is 21.6 Å². The van der Waals surface area contributed by atoms with Gasteiger partial charge in [-0.3, -0.25) is 0 Å². The van der Waals surface area contributed by atoms with Gasteiger partial charge in [-0.05, 0) is 30.3 Å². The summed E-state index contributed by atoms with van der Waals surface area (Å²) in [6.45, 7) is 0. The van der Waals surface area contributed by atoms with Crippen LogP contribution in [0.2, 0.25) is 0 Å². The van der Waals surface area contributed by atoms with E-state index in [1.807, 2.05) is 24.3 Å². The van der Waals surface area contributed by atoms with E-state index in [4.69, 9.17) is 0 Å². The first-order valence-corrected chi connectivity index (χ1v) is 6.92. The fourth-order valence-electron chi connectivity index (χ4n) is 2.05. The molecule has 102 valence electrons. The SMILES string of the molecule is OC(Cc1nc2ccccc2s1)c1cc(F)ccc1F. The second-order valence-electron chi connectivity index (χ2n) is 4.46. The molecule has 0 spiro atoms. The molecule has 0 aliphatic heterocycles. The van der Waals surface area contributed by atoms with E-state index >= 15 is 0 Å². The van der Waals surface area contributed by atoms with Crippen molar-refractivity contribution < 1.29 is 13.9 Å². The smallest absolute Gasteiger partial charge is 0.129 e. The molecule has 1 aromatic heterocycles. The van der Waals surface area contributed by atoms with Gasteiger partial charge in [-0.1, -0.05) is 12.1 Å². The van der Waals surface area contributed by atoms with Crippen molar-refractivity contribution in [3.05, 3.63) is 64.7 Å². The average molecular weight is 291 g/mol. The molecule has 0 saturated carbocycles. The zero-order chi connectivity index (χ0) is 14.1. The molecule has 1 atom stereocenters. The van der Waals surface area contributed by atoms with Crippen LogP contribution in [0.1, 0.15) is 16.7 Å². The lowest BCUT2D eigenvalue weighted by atomic mass is 10.1. The summed E-state index contributed by atoms with van der Waals surface area (Å²) in [4.78, 5) is 4.37. The van der Waals surface area contributed by atoms with E-state index in [-0.39, 0.29) is 12.0 Å². The highest BCUT2D eigenvalue weighted by molar-refractivity contribution is 7.18. The van der Waals surface area contributed by atoms with Gasteiger partial charge in [-0.15, -0.1) is 11.3 Å². The molecule has 0 bridgehead atoms. The fraction of sp³-hybridized carbons (Fsp3) is 0.133. The van der Waals surface area contributed by atoms with Gasteiger partial charge in [0.15, 0.2) is 0 Å². The molecule has 3 rings (SSSR count). The van der Waals surface area contributed by atoms with E-state index in [1.54, 1.807) is 0 Å². The number of para-hydroxylation sites is 1. The second-order valence-corrected chi connectivity index (χ2v) is 5.58. The number of rotatable bonds is 3. The third kappa shape index (κ3) is 2.55. The lowest BCUT2D eigenvalue weighted by Gasteiger charge is -2.10. The van der Waals surface area contributed by atoms with E-state index in [0.29, 0.717) is 5.01 Å². The Bertz CT molecular complexity index is 723. The second kappa shape index (κ2) is 5.26. The fourth-order valence-corrected chi connectivity index (χ4v) is 3.06. The zero-order valence-corrected chi connectivity index (χ0v) is 11.2. The summed E-state index contributed by atoms with van der Waals surface area (Å²) < 4.78 is 27.7. The van der Waals surface area contributed by atoms with Crippen LogP contribution in [0, 0.1) is 11.6 Å². The van der Waals surface area contributed by atoms with Crippen molar-refractivity contribution in [2.45, 2.75) is 12.5 Å². The zero-order valence-electron chi connectivity index (χ0n) is 10.4. The molecule has 3 aromatic rings. The van der Waals surface area contributed by atoms with Crippen LogP contribution in [0.3, 0.4) is 0 Å². The number of hydrogen-bond donors (Lipinski definition) is 1. The quantitative estimate of drug-likeness (QED) is 0.795. The highest BCUT2D eigenvalue weighted by Crippen LogP contribution is 2.27. The molecular weight excluding hydrogens is 280 g/mol. The van der Waals surface area contributed by atoms with Gasteiger partial charge >= 0.3 is 0 Å². The van der Waals surface area contributed by atoms with Gasteiger partial charge in [0, 0.05) is 12.0 Å². The van der Waals surface area contributed by atoms with E-state index < -0.39 is 17.7 Å². The third-order valence-electron chi connectivity index (χ3n) is 3.02. The van der Waals surface area contributed by atoms with Crippen LogP contribution in [-0.2, 0) is 6.42 Å². The predicted molar refractivity (Wildman–Crippen MR) is 74.6 cm³/mol. The number of hydrogen-bond acceptors (Lipinski definition) is 3. The molecule has 20 heavy (non-hydrogen) atoms. The highest BCUT2D eigenvalue weighted by Gasteiger charge is 2.16. The summed E-state index contributed by atoms with van der Waals surface area (Å²) in [6, 6.07) is 10.7. The summed E-state index contributed by atoms with van der Waals surface area (Å²) in [5, 5.41) is 10.8. The Labute approximate surface area is 118 Å². The third-order valence-corrected chi connectivity index (χ3v) is 4.08. The van der Waals surface area contributed by atoms with Crippen LogP contribution in [0.5, 0.6) is 0 Å². The van der Waals surface area contributed by atoms with Crippen molar-refractivity contribution in [1.82, 2.24) is 4.98 Å². The first-order chi connectivity index (χ1) is 9.63. The van der Waals surface area contributed by atoms with Crippen molar-refractivity contribution in [3.63, 3.8) is 0 Å². The number of aliphatic hydroxyl groups is 1. The molecule has 0 saturated heterocycles. The van der Waals surface area contributed by atoms with E-state index in [0.717, 1.165) is 28.4 Å². The molecular formula is C15H11F2NOS. The molecule has 2 nitrogen and oxygen atoms in total. The molecule has 0 fully saturated rings. The van der Waals surface area contributed by atoms with Crippen molar-refractivity contribution in [1.29, 1.82) is 0 Å². The largest absolute Gasteiger partial charge is 0.388 e. The molecule has 5 heteroatoms. The first kappa shape index (κ1) is 13.1. The lowest BCUT2D eigenvalue weighted by Crippen LogP contribution is -2.04. The van der Waals surface area contributed by atoms with Crippen molar-refractivity contribution in [3.8, 4) is 0 Å². The predicted octanol–water partition coefficient (Wildman–Crippen LogP) is 3.85. The van der Waals surface area contributed by atoms with Crippen LogP contribution in [-0.4, -0.2) is 10.1 Å². The Morgan fingerprint density at radius 3 is 2.75 bits per heavy atom. The summed E-state index contributed by atoms with van der Waals surface area (Å²) in [5.74, 6) is -1.18. The summed E-state index contributed by atoms with van der Waals surface area (Å²) >= 11 is 1.44. The van der Waals surface area contributed by atoms with Crippen LogP contribution in [0.25, 0.3) is 10.2 Å². The number of thiazole rings is 1. The van der Waals surface area contributed by atoms with Gasteiger partial charge in [0.05, 0.1) is 21.3 Å². The Morgan fingerprint density at radius 2 is 1.95 bits per heavy atom. The Hall–Kier alpha value is -1.85. The molecule has 2 aromatic carbocycles. The minimum atomic E-state index is -1.11. The molecule has 0 aliphatic carbocycles. The number of aliphatic hydroxyl groups excluding tert-OH is 1. The molecule has 0 amide bonds. The van der Waals surface area contributed by atoms with Gasteiger partial charge in [-0.25, -0.2) is 13.8 Å². The maximum Gasteiger partial charge on any atom is 0.129 e. The highest BCUT2D eigenvalue weighted by atomic mass is 32.1. The van der Waals surface area contributed by atoms with Gasteiger partial charge in [0.2, 0.25) is 0 Å². The maximum absolute atomic E-state index is 13.6. The van der Waals surface area contributed by atoms with E-state index in [9.17, 15) is 13.9 Å². The number of nitrogens with zero attached hydrogens (tertiary/aromatic N) is 1. The Kier molecular flexibility index (Phi) is 3.46. The first-order valence-electron chi connectivity index (χ1n) is 6.11. The van der Waals surface area contributed by atoms with E-state index in [2.05, 4.69) is 4.98 Å². The topological polar surface area (TPSA) is 33.1 Å². The van der Waals surface area contributed by atoms with Crippen LogP contribution >= 0.6 is 11.3 Å². The molecule has 1 N–H and O–H groups in total. The summed E-state index contributed by atoms with van der Waals surface area (Å²) in [5.41, 5.74) is 0.809. The summed E-state index contributed by atoms with van der Waals surface area (Å²) in [6.07, 6.45) is -0.939. The van der Waals surface area contributed by atoms with Crippen LogP contribution in [0.4, 0.5) is 8.78 Å². The lowest BCUT2D eigenvalue weighted by molar-refractivity contribution is 0.173. The Balaban J connectivity index is 1.88. The van der Waals surface area contributed by atoms with Crippen LogP contribution < -0.4 is 0 Å². The minimum absolute atomic E-state index is 0.0377. The number of fused-ring (bicyclic) bond motifs is 1. The molecule has 0 radical (unpaired) electrons. The van der Waals surface area contributed by atoms with Crippen molar-refractivity contribution in [2.75, 3.05) is 0 Å². The molecule has 1 heterocycles. The van der Waals surface area contributed by atoms with Gasteiger partial charge in [0.25, 0.3) is 0 Å². The monoisotopic (exact) mass is 291 g/mol. The van der Waals surface area contributed by atoms with Gasteiger partial charge < -0.3 is 5.11 Å². The van der Waals surface area contributed by atoms with E-state index in [1.165, 1.54) is 11.3 Å². The number of benzene rings is 2. The summed E-state index contributed by atoms with van der Waals surface area (Å²) in [7, 11) is 0. The number of halogens is 2. The Morgan fingerprint density at radius 1 is 1.15 bits per heavy atom. The standard InChI is InChI=1S/C15H11F2NOS/c16-9-5-6-11(17)10(7-9)13(19)8-15-18-12-3-1-2-4-14(12)20-15/h1-7,13,19H,8H2. The molecule has 1 unspecified atom stereocenters. The van der Waals surface area contributed by atoms with Crippen molar-refractivity contribution in [2.24, 2.45) is 0 Å². The average Bonchev–Trinajstić information content (AvgIpc) is 2.83. The molecule has 0 aliphatic rings.